The number of rotatable bonds is 6. The zero-order chi connectivity index (χ0) is 13.8. The third kappa shape index (κ3) is 4.87. The highest BCUT2D eigenvalue weighted by Crippen LogP contribution is 2.17. The van der Waals surface area contributed by atoms with Crippen LogP contribution in [0.4, 0.5) is 11.6 Å². The zero-order valence-corrected chi connectivity index (χ0v) is 11.7. The van der Waals surface area contributed by atoms with E-state index in [2.05, 4.69) is 29.1 Å². The second-order valence-corrected chi connectivity index (χ2v) is 5.40. The van der Waals surface area contributed by atoms with Crippen LogP contribution in [0.15, 0.2) is 6.07 Å². The molecule has 102 valence electrons. The van der Waals surface area contributed by atoms with Crippen molar-refractivity contribution in [3.8, 4) is 0 Å². The molecule has 0 aromatic carbocycles. The van der Waals surface area contributed by atoms with Gasteiger partial charge in [-0.1, -0.05) is 20.8 Å². The number of aliphatic hydroxyl groups is 1. The topological polar surface area (TPSA) is 84.1 Å². The predicted molar refractivity (Wildman–Crippen MR) is 74.4 cm³/mol. The van der Waals surface area contributed by atoms with Gasteiger partial charge in [0.2, 0.25) is 0 Å². The molecular weight excluding hydrogens is 228 g/mol. The Bertz CT molecular complexity index is 391. The van der Waals surface area contributed by atoms with E-state index in [1.807, 2.05) is 13.8 Å². The Balaban J connectivity index is 2.65. The molecule has 1 atom stereocenters. The number of hydrogen-bond acceptors (Lipinski definition) is 5. The lowest BCUT2D eigenvalue weighted by Gasteiger charge is -2.25. The van der Waals surface area contributed by atoms with Crippen LogP contribution >= 0.6 is 0 Å². The van der Waals surface area contributed by atoms with Crippen LogP contribution in [0.1, 0.15) is 39.9 Å². The third-order valence-corrected chi connectivity index (χ3v) is 2.61. The molecule has 1 unspecified atom stereocenters. The van der Waals surface area contributed by atoms with Crippen molar-refractivity contribution in [3.05, 3.63) is 11.9 Å². The summed E-state index contributed by atoms with van der Waals surface area (Å²) in [5.41, 5.74) is 4.95. The molecule has 0 spiro atoms. The van der Waals surface area contributed by atoms with Crippen LogP contribution < -0.4 is 11.1 Å². The average molecular weight is 252 g/mol. The molecule has 0 saturated carbocycles. The molecule has 0 amide bonds. The molecular formula is C13H24N4O. The molecule has 5 heteroatoms. The number of nitrogens with zero attached hydrogens (tertiary/aromatic N) is 2. The Labute approximate surface area is 109 Å². The van der Waals surface area contributed by atoms with Crippen LogP contribution in [-0.4, -0.2) is 27.2 Å². The Morgan fingerprint density at radius 2 is 2.11 bits per heavy atom. The second kappa shape index (κ2) is 6.00. The van der Waals surface area contributed by atoms with Crippen molar-refractivity contribution < 1.29 is 5.11 Å². The summed E-state index contributed by atoms with van der Waals surface area (Å²) < 4.78 is 0. The number of nitrogens with one attached hydrogen (secondary N) is 1. The van der Waals surface area contributed by atoms with Gasteiger partial charge in [-0.3, -0.25) is 0 Å². The van der Waals surface area contributed by atoms with Gasteiger partial charge in [0.05, 0.1) is 5.60 Å². The van der Waals surface area contributed by atoms with E-state index < -0.39 is 5.60 Å². The summed E-state index contributed by atoms with van der Waals surface area (Å²) in [5, 5.41) is 13.3. The fraction of sp³-hybridized carbons (Fsp3) is 0.692. The van der Waals surface area contributed by atoms with Crippen LogP contribution in [0.5, 0.6) is 0 Å². The Morgan fingerprint density at radius 3 is 2.67 bits per heavy atom. The number of aromatic nitrogens is 2. The van der Waals surface area contributed by atoms with Crippen molar-refractivity contribution >= 4 is 11.6 Å². The largest absolute Gasteiger partial charge is 0.388 e. The minimum atomic E-state index is -0.750. The molecule has 1 rings (SSSR count). The van der Waals surface area contributed by atoms with E-state index in [1.54, 1.807) is 6.07 Å². The summed E-state index contributed by atoms with van der Waals surface area (Å²) in [5.74, 6) is 2.28. The summed E-state index contributed by atoms with van der Waals surface area (Å²) in [6.07, 6.45) is 1.48. The highest BCUT2D eigenvalue weighted by Gasteiger charge is 2.21. The maximum absolute atomic E-state index is 10.2. The van der Waals surface area contributed by atoms with Crippen molar-refractivity contribution in [3.63, 3.8) is 0 Å². The van der Waals surface area contributed by atoms with Gasteiger partial charge in [-0.05, 0) is 19.3 Å². The van der Waals surface area contributed by atoms with Gasteiger partial charge < -0.3 is 16.2 Å². The SMILES string of the molecule is CCc1nc(N)cc(NCC(C)(O)CC(C)C)n1. The first kappa shape index (κ1) is 14.7. The number of nitrogen functional groups attached to an aromatic ring is 1. The molecule has 0 radical (unpaired) electrons. The Morgan fingerprint density at radius 1 is 1.44 bits per heavy atom. The quantitative estimate of drug-likeness (QED) is 0.719. The molecule has 1 aromatic heterocycles. The van der Waals surface area contributed by atoms with Gasteiger partial charge in [0.15, 0.2) is 0 Å². The van der Waals surface area contributed by atoms with E-state index in [0.717, 1.165) is 12.8 Å². The zero-order valence-electron chi connectivity index (χ0n) is 11.7. The second-order valence-electron chi connectivity index (χ2n) is 5.40. The molecule has 18 heavy (non-hydrogen) atoms. The van der Waals surface area contributed by atoms with Gasteiger partial charge >= 0.3 is 0 Å². The molecule has 0 bridgehead atoms. The summed E-state index contributed by atoms with van der Waals surface area (Å²) >= 11 is 0. The van der Waals surface area contributed by atoms with Crippen LogP contribution in [0.2, 0.25) is 0 Å². The smallest absolute Gasteiger partial charge is 0.132 e. The average Bonchev–Trinajstić information content (AvgIpc) is 2.24. The van der Waals surface area contributed by atoms with Gasteiger partial charge in [0.1, 0.15) is 17.5 Å². The number of nitrogens with two attached hydrogens (primary N) is 1. The first-order chi connectivity index (χ1) is 8.32. The number of aryl methyl sites for hydroxylation is 1. The van der Waals surface area contributed by atoms with E-state index in [9.17, 15) is 5.11 Å². The number of anilines is 2. The number of hydrogen-bond donors (Lipinski definition) is 3. The molecule has 1 aromatic rings. The lowest BCUT2D eigenvalue weighted by atomic mass is 9.94. The maximum atomic E-state index is 10.2. The van der Waals surface area contributed by atoms with Crippen molar-refractivity contribution in [2.45, 2.75) is 46.1 Å². The van der Waals surface area contributed by atoms with E-state index >= 15 is 0 Å². The molecule has 0 aliphatic carbocycles. The fourth-order valence-electron chi connectivity index (χ4n) is 2.00. The first-order valence-electron chi connectivity index (χ1n) is 6.42. The maximum Gasteiger partial charge on any atom is 0.132 e. The van der Waals surface area contributed by atoms with Crippen molar-refractivity contribution in [2.24, 2.45) is 5.92 Å². The Hall–Kier alpha value is -1.36. The van der Waals surface area contributed by atoms with Gasteiger partial charge in [-0.15, -0.1) is 0 Å². The lowest BCUT2D eigenvalue weighted by molar-refractivity contribution is 0.0514. The molecule has 0 aliphatic rings. The van der Waals surface area contributed by atoms with Gasteiger partial charge in [0, 0.05) is 19.0 Å². The van der Waals surface area contributed by atoms with E-state index in [1.165, 1.54) is 0 Å². The third-order valence-electron chi connectivity index (χ3n) is 2.61. The Kier molecular flexibility index (Phi) is 4.90. The van der Waals surface area contributed by atoms with Gasteiger partial charge in [-0.25, -0.2) is 9.97 Å². The van der Waals surface area contributed by atoms with Crippen LogP contribution in [-0.2, 0) is 6.42 Å². The molecule has 5 nitrogen and oxygen atoms in total. The van der Waals surface area contributed by atoms with Gasteiger partial charge in [-0.2, -0.15) is 0 Å². The van der Waals surface area contributed by atoms with Crippen molar-refractivity contribution in [2.75, 3.05) is 17.6 Å². The highest BCUT2D eigenvalue weighted by atomic mass is 16.3. The van der Waals surface area contributed by atoms with Crippen LogP contribution in [0.3, 0.4) is 0 Å². The minimum Gasteiger partial charge on any atom is -0.388 e. The summed E-state index contributed by atoms with van der Waals surface area (Å²) in [4.78, 5) is 8.43. The van der Waals surface area contributed by atoms with Crippen LogP contribution in [0.25, 0.3) is 0 Å². The monoisotopic (exact) mass is 252 g/mol. The highest BCUT2D eigenvalue weighted by molar-refractivity contribution is 5.44. The molecule has 0 fully saturated rings. The minimum absolute atomic E-state index is 0.448. The summed E-state index contributed by atoms with van der Waals surface area (Å²) in [6.45, 7) is 8.43. The normalized spacial score (nSPS) is 14.6. The van der Waals surface area contributed by atoms with Crippen molar-refractivity contribution in [1.29, 1.82) is 0 Å². The molecule has 1 heterocycles. The predicted octanol–water partition coefficient (Wildman–Crippen LogP) is 1.83. The molecule has 0 aliphatic heterocycles. The van der Waals surface area contributed by atoms with Crippen molar-refractivity contribution in [1.82, 2.24) is 9.97 Å². The van der Waals surface area contributed by atoms with Gasteiger partial charge in [0.25, 0.3) is 0 Å². The summed E-state index contributed by atoms with van der Waals surface area (Å²) in [7, 11) is 0. The molecule has 4 N–H and O–H groups in total. The lowest BCUT2D eigenvalue weighted by Crippen LogP contribution is -2.35. The fourth-order valence-corrected chi connectivity index (χ4v) is 2.00. The van der Waals surface area contributed by atoms with E-state index in [-0.39, 0.29) is 0 Å². The van der Waals surface area contributed by atoms with E-state index in [4.69, 9.17) is 5.73 Å². The van der Waals surface area contributed by atoms with E-state index in [0.29, 0.717) is 29.9 Å². The summed E-state index contributed by atoms with van der Waals surface area (Å²) in [6, 6.07) is 1.69. The molecule has 0 saturated heterocycles. The first-order valence-corrected chi connectivity index (χ1v) is 6.42. The van der Waals surface area contributed by atoms with Crippen LogP contribution in [0, 0.1) is 5.92 Å². The standard InChI is InChI=1S/C13H24N4O/c1-5-11-16-10(14)6-12(17-11)15-8-13(4,18)7-9(2)3/h6,9,18H,5,7-8H2,1-4H3,(H3,14,15,16,17).